The zero-order chi connectivity index (χ0) is 18.4. The van der Waals surface area contributed by atoms with Crippen LogP contribution in [0.2, 0.25) is 0 Å². The number of thioether (sulfide) groups is 1. The van der Waals surface area contributed by atoms with Gasteiger partial charge in [-0.25, -0.2) is 4.39 Å². The summed E-state index contributed by atoms with van der Waals surface area (Å²) in [5.41, 5.74) is 1.92. The summed E-state index contributed by atoms with van der Waals surface area (Å²) >= 11 is 1.46. The molecule has 2 aromatic carbocycles. The van der Waals surface area contributed by atoms with Crippen molar-refractivity contribution < 1.29 is 18.4 Å². The van der Waals surface area contributed by atoms with Crippen LogP contribution >= 0.6 is 11.8 Å². The molecule has 0 bridgehead atoms. The van der Waals surface area contributed by atoms with E-state index in [1.54, 1.807) is 12.1 Å². The number of aryl methyl sites for hydroxylation is 1. The Kier molecular flexibility index (Phi) is 6.01. The van der Waals surface area contributed by atoms with Crippen molar-refractivity contribution >= 4 is 17.7 Å². The van der Waals surface area contributed by atoms with Gasteiger partial charge in [0.15, 0.2) is 6.61 Å². The van der Waals surface area contributed by atoms with E-state index in [4.69, 9.17) is 9.26 Å². The maximum Gasteiger partial charge on any atom is 0.307 e. The topological polar surface area (TPSA) is 65.2 Å². The minimum atomic E-state index is -0.352. The molecule has 0 saturated carbocycles. The van der Waals surface area contributed by atoms with Crippen molar-refractivity contribution in [1.82, 2.24) is 10.1 Å². The molecule has 0 atom stereocenters. The number of carbonyl (C=O) groups is 1. The Morgan fingerprint density at radius 2 is 1.96 bits per heavy atom. The molecular weight excluding hydrogens is 355 g/mol. The molecule has 0 aliphatic rings. The third-order valence-corrected chi connectivity index (χ3v) is 4.61. The van der Waals surface area contributed by atoms with Crippen LogP contribution in [0.4, 0.5) is 4.39 Å². The second-order valence-corrected chi connectivity index (χ2v) is 6.71. The molecule has 0 amide bonds. The fourth-order valence-electron chi connectivity index (χ4n) is 2.24. The summed E-state index contributed by atoms with van der Waals surface area (Å²) in [5.74, 6) is 0.639. The van der Waals surface area contributed by atoms with E-state index in [0.29, 0.717) is 11.6 Å². The Morgan fingerprint density at radius 1 is 1.19 bits per heavy atom. The number of halogens is 1. The molecule has 1 heterocycles. The standard InChI is InChI=1S/C19H17FN2O3S/c1-13-4-2-3-5-16(13)19-21-17(25-22-19)12-24-18(23)10-11-26-15-8-6-14(20)7-9-15/h2-9H,10-12H2,1H3. The fourth-order valence-corrected chi connectivity index (χ4v) is 3.08. The Balaban J connectivity index is 1.45. The Morgan fingerprint density at radius 3 is 2.73 bits per heavy atom. The lowest BCUT2D eigenvalue weighted by molar-refractivity contribution is -0.145. The van der Waals surface area contributed by atoms with Crippen molar-refractivity contribution in [2.45, 2.75) is 24.8 Å². The lowest BCUT2D eigenvalue weighted by atomic mass is 10.1. The second-order valence-electron chi connectivity index (χ2n) is 5.54. The Hall–Kier alpha value is -2.67. The third-order valence-electron chi connectivity index (χ3n) is 3.60. The number of carbonyl (C=O) groups excluding carboxylic acids is 1. The van der Waals surface area contributed by atoms with E-state index >= 15 is 0 Å². The van der Waals surface area contributed by atoms with Crippen LogP contribution in [0.1, 0.15) is 17.9 Å². The lowest BCUT2D eigenvalue weighted by Gasteiger charge is -2.02. The first-order valence-corrected chi connectivity index (χ1v) is 9.03. The molecule has 0 fully saturated rings. The number of nitrogens with zero attached hydrogens (tertiary/aromatic N) is 2. The smallest absolute Gasteiger partial charge is 0.307 e. The Labute approximate surface area is 154 Å². The van der Waals surface area contributed by atoms with E-state index in [-0.39, 0.29) is 30.7 Å². The molecule has 134 valence electrons. The second kappa shape index (κ2) is 8.62. The van der Waals surface area contributed by atoms with Crippen LogP contribution in [0.5, 0.6) is 0 Å². The molecular formula is C19H17FN2O3S. The van der Waals surface area contributed by atoms with Crippen LogP contribution in [0.3, 0.4) is 0 Å². The van der Waals surface area contributed by atoms with Crippen LogP contribution in [0.25, 0.3) is 11.4 Å². The molecule has 3 rings (SSSR count). The van der Waals surface area contributed by atoms with Crippen LogP contribution in [-0.4, -0.2) is 21.9 Å². The number of hydrogen-bond acceptors (Lipinski definition) is 6. The van der Waals surface area contributed by atoms with Gasteiger partial charge in [0.25, 0.3) is 5.89 Å². The highest BCUT2D eigenvalue weighted by atomic mass is 32.2. The van der Waals surface area contributed by atoms with Crippen molar-refractivity contribution in [3.8, 4) is 11.4 Å². The van der Waals surface area contributed by atoms with Gasteiger partial charge in [0.05, 0.1) is 6.42 Å². The molecule has 0 aliphatic heterocycles. The highest BCUT2D eigenvalue weighted by Gasteiger charge is 2.12. The van der Waals surface area contributed by atoms with Crippen LogP contribution in [0, 0.1) is 12.7 Å². The molecule has 0 unspecified atom stereocenters. The highest BCUT2D eigenvalue weighted by molar-refractivity contribution is 7.99. The van der Waals surface area contributed by atoms with E-state index in [1.165, 1.54) is 23.9 Å². The van der Waals surface area contributed by atoms with Crippen molar-refractivity contribution in [3.05, 3.63) is 65.8 Å². The van der Waals surface area contributed by atoms with E-state index < -0.39 is 0 Å². The maximum atomic E-state index is 12.8. The van der Waals surface area contributed by atoms with Gasteiger partial charge >= 0.3 is 5.97 Å². The first kappa shape index (κ1) is 18.1. The van der Waals surface area contributed by atoms with Crippen molar-refractivity contribution in [3.63, 3.8) is 0 Å². The molecule has 0 aliphatic carbocycles. The molecule has 0 saturated heterocycles. The minimum absolute atomic E-state index is 0.0566. The third kappa shape index (κ3) is 4.92. The monoisotopic (exact) mass is 372 g/mol. The highest BCUT2D eigenvalue weighted by Crippen LogP contribution is 2.21. The zero-order valence-electron chi connectivity index (χ0n) is 14.1. The van der Waals surface area contributed by atoms with Gasteiger partial charge in [-0.15, -0.1) is 11.8 Å². The van der Waals surface area contributed by atoms with Gasteiger partial charge in [0.1, 0.15) is 5.82 Å². The van der Waals surface area contributed by atoms with Gasteiger partial charge < -0.3 is 9.26 Å². The van der Waals surface area contributed by atoms with Gasteiger partial charge in [-0.3, -0.25) is 4.79 Å². The number of benzene rings is 2. The molecule has 26 heavy (non-hydrogen) atoms. The number of rotatable bonds is 7. The fraction of sp³-hybridized carbons (Fsp3) is 0.211. The number of aromatic nitrogens is 2. The first-order chi connectivity index (χ1) is 12.6. The predicted octanol–water partition coefficient (Wildman–Crippen LogP) is 4.41. The van der Waals surface area contributed by atoms with Gasteiger partial charge in [0, 0.05) is 16.2 Å². The zero-order valence-corrected chi connectivity index (χ0v) is 15.0. The largest absolute Gasteiger partial charge is 0.456 e. The summed E-state index contributed by atoms with van der Waals surface area (Å²) in [5, 5.41) is 3.92. The molecule has 0 N–H and O–H groups in total. The first-order valence-electron chi connectivity index (χ1n) is 8.04. The normalized spacial score (nSPS) is 10.7. The summed E-state index contributed by atoms with van der Waals surface area (Å²) < 4.78 is 23.1. The average molecular weight is 372 g/mol. The molecule has 1 aromatic heterocycles. The summed E-state index contributed by atoms with van der Waals surface area (Å²) in [6, 6.07) is 13.8. The number of hydrogen-bond donors (Lipinski definition) is 0. The van der Waals surface area contributed by atoms with Crippen molar-refractivity contribution in [1.29, 1.82) is 0 Å². The van der Waals surface area contributed by atoms with E-state index in [1.807, 2.05) is 31.2 Å². The van der Waals surface area contributed by atoms with E-state index in [9.17, 15) is 9.18 Å². The van der Waals surface area contributed by atoms with Gasteiger partial charge in [0.2, 0.25) is 5.82 Å². The maximum absolute atomic E-state index is 12.8. The predicted molar refractivity (Wildman–Crippen MR) is 96.0 cm³/mol. The van der Waals surface area contributed by atoms with Crippen molar-refractivity contribution in [2.75, 3.05) is 5.75 Å². The van der Waals surface area contributed by atoms with E-state index in [2.05, 4.69) is 10.1 Å². The SMILES string of the molecule is Cc1ccccc1-c1noc(COC(=O)CCSc2ccc(F)cc2)n1. The van der Waals surface area contributed by atoms with Gasteiger partial charge in [-0.2, -0.15) is 4.98 Å². The number of esters is 1. The number of ether oxygens (including phenoxy) is 1. The summed E-state index contributed by atoms with van der Waals surface area (Å²) in [4.78, 5) is 17.0. The molecule has 0 radical (unpaired) electrons. The quantitative estimate of drug-likeness (QED) is 0.452. The molecule has 7 heteroatoms. The van der Waals surface area contributed by atoms with Gasteiger partial charge in [-0.1, -0.05) is 29.4 Å². The van der Waals surface area contributed by atoms with Crippen LogP contribution < -0.4 is 0 Å². The average Bonchev–Trinajstić information content (AvgIpc) is 3.11. The molecule has 5 nitrogen and oxygen atoms in total. The van der Waals surface area contributed by atoms with Gasteiger partial charge in [-0.05, 0) is 36.8 Å². The summed E-state index contributed by atoms with van der Waals surface area (Å²) in [6.07, 6.45) is 0.237. The van der Waals surface area contributed by atoms with Crippen LogP contribution in [-0.2, 0) is 16.1 Å². The minimum Gasteiger partial charge on any atom is -0.456 e. The van der Waals surface area contributed by atoms with E-state index in [0.717, 1.165) is 16.0 Å². The van der Waals surface area contributed by atoms with Crippen molar-refractivity contribution in [2.24, 2.45) is 0 Å². The molecule has 3 aromatic rings. The summed E-state index contributed by atoms with van der Waals surface area (Å²) in [6.45, 7) is 1.91. The molecule has 0 spiro atoms. The summed E-state index contributed by atoms with van der Waals surface area (Å²) in [7, 11) is 0. The van der Waals surface area contributed by atoms with Crippen LogP contribution in [0.15, 0.2) is 57.9 Å². The lowest BCUT2D eigenvalue weighted by Crippen LogP contribution is -2.05. The Bertz CT molecular complexity index is 881.